The van der Waals surface area contributed by atoms with Crippen LogP contribution in [0.3, 0.4) is 0 Å². The van der Waals surface area contributed by atoms with Gasteiger partial charge in [0.15, 0.2) is 0 Å². The van der Waals surface area contributed by atoms with E-state index < -0.39 is 0 Å². The first-order valence-electron chi connectivity index (χ1n) is 7.61. The molecule has 24 heavy (non-hydrogen) atoms. The van der Waals surface area contributed by atoms with Crippen molar-refractivity contribution in [2.45, 2.75) is 18.8 Å². The molecule has 1 aliphatic rings. The molecule has 3 heterocycles. The van der Waals surface area contributed by atoms with E-state index in [0.29, 0.717) is 27.7 Å². The zero-order valence-corrected chi connectivity index (χ0v) is 14.1. The number of aromatic nitrogens is 4. The zero-order chi connectivity index (χ0) is 16.5. The van der Waals surface area contributed by atoms with E-state index in [4.69, 9.17) is 32.7 Å². The Balaban J connectivity index is 1.66. The second-order valence-electron chi connectivity index (χ2n) is 5.59. The van der Waals surface area contributed by atoms with Crippen LogP contribution in [0.15, 0.2) is 24.5 Å². The van der Waals surface area contributed by atoms with Crippen LogP contribution in [-0.2, 0) is 4.74 Å². The topological polar surface area (TPSA) is 72.9 Å². The first kappa shape index (κ1) is 15.6. The number of halogens is 2. The molecule has 1 fully saturated rings. The van der Waals surface area contributed by atoms with Gasteiger partial charge in [0.2, 0.25) is 5.88 Å². The van der Waals surface area contributed by atoms with E-state index in [-0.39, 0.29) is 0 Å². The molecule has 1 N–H and O–H groups in total. The number of hydrogen-bond donors (Lipinski definition) is 1. The third-order valence-corrected chi connectivity index (χ3v) is 4.48. The molecule has 1 aromatic carbocycles. The van der Waals surface area contributed by atoms with Gasteiger partial charge in [-0.2, -0.15) is 0 Å². The fraction of sp³-hybridized carbons (Fsp3) is 0.312. The number of nitrogens with one attached hydrogen (secondary N) is 1. The number of fused-ring (bicyclic) bond motifs is 1. The Morgan fingerprint density at radius 1 is 1.12 bits per heavy atom. The van der Waals surface area contributed by atoms with E-state index in [0.717, 1.165) is 42.9 Å². The standard InChI is InChI=1S/C16H14Cl2N4O2/c17-11-5-10(24-14-7-13(18)19-8-20-14)6-12-15(11)22-16(21-12)9-1-3-23-4-2-9/h5-9H,1-4H2,(H,21,22). The number of ether oxygens (including phenoxy) is 2. The van der Waals surface area contributed by atoms with Crippen molar-refractivity contribution in [1.29, 1.82) is 0 Å². The summed E-state index contributed by atoms with van der Waals surface area (Å²) in [5, 5.41) is 0.863. The lowest BCUT2D eigenvalue weighted by molar-refractivity contribution is 0.0838. The summed E-state index contributed by atoms with van der Waals surface area (Å²) in [5.41, 5.74) is 1.57. The fourth-order valence-corrected chi connectivity index (χ4v) is 3.17. The lowest BCUT2D eigenvalue weighted by Crippen LogP contribution is -2.15. The Hall–Kier alpha value is -1.89. The normalized spacial score (nSPS) is 15.8. The molecule has 8 heteroatoms. The van der Waals surface area contributed by atoms with Crippen LogP contribution >= 0.6 is 23.2 Å². The molecule has 1 aliphatic heterocycles. The summed E-state index contributed by atoms with van der Waals surface area (Å²) in [5.74, 6) is 2.21. The quantitative estimate of drug-likeness (QED) is 0.699. The number of rotatable bonds is 3. The van der Waals surface area contributed by atoms with E-state index in [2.05, 4.69) is 19.9 Å². The van der Waals surface area contributed by atoms with Gasteiger partial charge >= 0.3 is 0 Å². The molecule has 0 amide bonds. The molecule has 124 valence electrons. The molecule has 0 bridgehead atoms. The lowest BCUT2D eigenvalue weighted by Gasteiger charge is -2.19. The predicted octanol–water partition coefficient (Wildman–Crippen LogP) is 4.35. The zero-order valence-electron chi connectivity index (χ0n) is 12.6. The summed E-state index contributed by atoms with van der Waals surface area (Å²) in [6, 6.07) is 5.10. The Morgan fingerprint density at radius 3 is 2.75 bits per heavy atom. The summed E-state index contributed by atoms with van der Waals surface area (Å²) in [4.78, 5) is 15.9. The lowest BCUT2D eigenvalue weighted by atomic mass is 10.00. The Labute approximate surface area is 148 Å². The van der Waals surface area contributed by atoms with Gasteiger partial charge in [-0.1, -0.05) is 23.2 Å². The third kappa shape index (κ3) is 3.17. The number of H-pyrrole nitrogens is 1. The highest BCUT2D eigenvalue weighted by atomic mass is 35.5. The summed E-state index contributed by atoms with van der Waals surface area (Å²) in [6.07, 6.45) is 3.26. The highest BCUT2D eigenvalue weighted by Crippen LogP contribution is 2.33. The maximum atomic E-state index is 6.38. The molecule has 3 aromatic rings. The largest absolute Gasteiger partial charge is 0.439 e. The summed E-state index contributed by atoms with van der Waals surface area (Å²) >= 11 is 12.2. The van der Waals surface area contributed by atoms with Crippen molar-refractivity contribution >= 4 is 34.2 Å². The van der Waals surface area contributed by atoms with Crippen LogP contribution in [-0.4, -0.2) is 33.1 Å². The number of hydrogen-bond acceptors (Lipinski definition) is 5. The van der Waals surface area contributed by atoms with Gasteiger partial charge in [0, 0.05) is 37.3 Å². The molecular formula is C16H14Cl2N4O2. The van der Waals surface area contributed by atoms with E-state index in [1.165, 1.54) is 12.4 Å². The SMILES string of the molecule is Clc1cc(Oc2cc(Cl)c3[nH]c(C4CCOCC4)nc3c2)ncn1. The van der Waals surface area contributed by atoms with Crippen molar-refractivity contribution in [2.75, 3.05) is 13.2 Å². The number of imidazole rings is 1. The van der Waals surface area contributed by atoms with E-state index >= 15 is 0 Å². The van der Waals surface area contributed by atoms with Gasteiger partial charge in [0.25, 0.3) is 0 Å². The third-order valence-electron chi connectivity index (χ3n) is 3.98. The van der Waals surface area contributed by atoms with E-state index in [9.17, 15) is 0 Å². The first-order chi connectivity index (χ1) is 11.7. The van der Waals surface area contributed by atoms with Gasteiger partial charge in [0.1, 0.15) is 23.1 Å². The monoisotopic (exact) mass is 364 g/mol. The van der Waals surface area contributed by atoms with Crippen molar-refractivity contribution in [3.05, 3.63) is 40.5 Å². The Morgan fingerprint density at radius 2 is 1.96 bits per heavy atom. The minimum Gasteiger partial charge on any atom is -0.439 e. The van der Waals surface area contributed by atoms with Crippen molar-refractivity contribution in [1.82, 2.24) is 19.9 Å². The number of aromatic amines is 1. The maximum Gasteiger partial charge on any atom is 0.223 e. The molecule has 6 nitrogen and oxygen atoms in total. The molecule has 0 radical (unpaired) electrons. The minimum atomic E-state index is 0.314. The van der Waals surface area contributed by atoms with Crippen molar-refractivity contribution < 1.29 is 9.47 Å². The van der Waals surface area contributed by atoms with Crippen LogP contribution in [0.1, 0.15) is 24.6 Å². The van der Waals surface area contributed by atoms with E-state index in [1.54, 1.807) is 6.07 Å². The fourth-order valence-electron chi connectivity index (χ4n) is 2.78. The summed E-state index contributed by atoms with van der Waals surface area (Å²) in [7, 11) is 0. The van der Waals surface area contributed by atoms with Gasteiger partial charge in [-0.25, -0.2) is 15.0 Å². The minimum absolute atomic E-state index is 0.314. The van der Waals surface area contributed by atoms with Gasteiger partial charge in [0.05, 0.1) is 16.1 Å². The molecule has 4 rings (SSSR count). The Bertz CT molecular complexity index is 878. The first-order valence-corrected chi connectivity index (χ1v) is 8.37. The van der Waals surface area contributed by atoms with Crippen molar-refractivity contribution in [2.24, 2.45) is 0 Å². The van der Waals surface area contributed by atoms with E-state index in [1.807, 2.05) is 6.07 Å². The molecule has 2 aromatic heterocycles. The average Bonchev–Trinajstić information content (AvgIpc) is 3.00. The number of nitrogens with zero attached hydrogens (tertiary/aromatic N) is 3. The second kappa shape index (κ2) is 6.55. The highest BCUT2D eigenvalue weighted by Gasteiger charge is 2.20. The van der Waals surface area contributed by atoms with Crippen LogP contribution in [0, 0.1) is 0 Å². The molecule has 1 saturated heterocycles. The van der Waals surface area contributed by atoms with Gasteiger partial charge in [-0.3, -0.25) is 0 Å². The Kier molecular flexibility index (Phi) is 4.26. The molecule has 0 aliphatic carbocycles. The van der Waals surface area contributed by atoms with Gasteiger partial charge in [-0.05, 0) is 12.8 Å². The molecule has 0 unspecified atom stereocenters. The van der Waals surface area contributed by atoms with Crippen LogP contribution < -0.4 is 4.74 Å². The van der Waals surface area contributed by atoms with Crippen LogP contribution in [0.5, 0.6) is 11.6 Å². The predicted molar refractivity (Wildman–Crippen MR) is 91.0 cm³/mol. The molecule has 0 spiro atoms. The number of benzene rings is 1. The molecule has 0 atom stereocenters. The second-order valence-corrected chi connectivity index (χ2v) is 6.38. The highest BCUT2D eigenvalue weighted by molar-refractivity contribution is 6.35. The van der Waals surface area contributed by atoms with Gasteiger partial charge < -0.3 is 14.5 Å². The average molecular weight is 365 g/mol. The smallest absolute Gasteiger partial charge is 0.223 e. The molecular weight excluding hydrogens is 351 g/mol. The van der Waals surface area contributed by atoms with Crippen molar-refractivity contribution in [3.63, 3.8) is 0 Å². The summed E-state index contributed by atoms with van der Waals surface area (Å²) < 4.78 is 11.1. The van der Waals surface area contributed by atoms with Crippen LogP contribution in [0.2, 0.25) is 10.2 Å². The molecule has 0 saturated carbocycles. The van der Waals surface area contributed by atoms with Crippen LogP contribution in [0.25, 0.3) is 11.0 Å². The van der Waals surface area contributed by atoms with Crippen LogP contribution in [0.4, 0.5) is 0 Å². The van der Waals surface area contributed by atoms with Crippen molar-refractivity contribution in [3.8, 4) is 11.6 Å². The summed E-state index contributed by atoms with van der Waals surface area (Å²) in [6.45, 7) is 1.52. The maximum absolute atomic E-state index is 6.38. The van der Waals surface area contributed by atoms with Gasteiger partial charge in [-0.15, -0.1) is 0 Å².